The Morgan fingerprint density at radius 1 is 1.20 bits per heavy atom. The van der Waals surface area contributed by atoms with Gasteiger partial charge in [-0.2, -0.15) is 0 Å². The van der Waals surface area contributed by atoms with Crippen LogP contribution in [0.25, 0.3) is 10.8 Å². The van der Waals surface area contributed by atoms with E-state index in [1.165, 1.54) is 6.07 Å². The summed E-state index contributed by atoms with van der Waals surface area (Å²) >= 11 is 2.07. The van der Waals surface area contributed by atoms with Gasteiger partial charge in [0, 0.05) is 40.5 Å². The highest BCUT2D eigenvalue weighted by molar-refractivity contribution is 14.1. The molecule has 0 unspecified atom stereocenters. The average molecular weight is 474 g/mol. The van der Waals surface area contributed by atoms with Crippen molar-refractivity contribution >= 4 is 45.8 Å². The maximum atomic E-state index is 14.2. The fourth-order valence-electron chi connectivity index (χ4n) is 2.73. The van der Waals surface area contributed by atoms with Crippen LogP contribution in [0.4, 0.5) is 4.39 Å². The van der Waals surface area contributed by atoms with Crippen LogP contribution in [0, 0.1) is 9.39 Å². The van der Waals surface area contributed by atoms with Gasteiger partial charge in [0.2, 0.25) is 0 Å². The third-order valence-corrected chi connectivity index (χ3v) is 4.63. The number of nitrogens with zero attached hydrogens (tertiary/aromatic N) is 2. The molecule has 0 aliphatic heterocycles. The Kier molecular flexibility index (Phi) is 6.92. The standard InChI is InChI=1S/C18H17FIN3O.ClH/c19-16-9-15(20)3-2-12(16)8-14-11-22-10-13-4-7-23(6-1-5-21)18(24)17(13)14;/h2-4,7,9-11H,1,5-6,8,21H2;1H. The molecule has 1 aromatic carbocycles. The summed E-state index contributed by atoms with van der Waals surface area (Å²) in [6.45, 7) is 1.10. The molecule has 4 nitrogen and oxygen atoms in total. The smallest absolute Gasteiger partial charge is 0.258 e. The number of halogens is 3. The highest BCUT2D eigenvalue weighted by Gasteiger charge is 2.11. The van der Waals surface area contributed by atoms with Crippen LogP contribution in [0.3, 0.4) is 0 Å². The van der Waals surface area contributed by atoms with E-state index in [0.29, 0.717) is 30.5 Å². The van der Waals surface area contributed by atoms with Gasteiger partial charge >= 0.3 is 0 Å². The van der Waals surface area contributed by atoms with E-state index in [-0.39, 0.29) is 23.8 Å². The lowest BCUT2D eigenvalue weighted by Crippen LogP contribution is -2.22. The zero-order chi connectivity index (χ0) is 17.1. The largest absolute Gasteiger partial charge is 0.330 e. The van der Waals surface area contributed by atoms with Crippen molar-refractivity contribution in [1.82, 2.24) is 9.55 Å². The second kappa shape index (κ2) is 8.73. The molecular weight excluding hydrogens is 456 g/mol. The van der Waals surface area contributed by atoms with Crippen LogP contribution in [-0.2, 0) is 13.0 Å². The molecule has 0 atom stereocenters. The number of hydrogen-bond acceptors (Lipinski definition) is 3. The monoisotopic (exact) mass is 473 g/mol. The van der Waals surface area contributed by atoms with Crippen LogP contribution in [0.15, 0.2) is 47.7 Å². The molecule has 3 rings (SSSR count). The Bertz CT molecular complexity index is 945. The Hall–Kier alpha value is -1.51. The van der Waals surface area contributed by atoms with Crippen LogP contribution in [-0.4, -0.2) is 16.1 Å². The fourth-order valence-corrected chi connectivity index (χ4v) is 3.19. The van der Waals surface area contributed by atoms with Crippen molar-refractivity contribution in [3.8, 4) is 0 Å². The van der Waals surface area contributed by atoms with Crippen LogP contribution in [0.1, 0.15) is 17.5 Å². The highest BCUT2D eigenvalue weighted by atomic mass is 127. The molecule has 25 heavy (non-hydrogen) atoms. The summed E-state index contributed by atoms with van der Waals surface area (Å²) < 4.78 is 16.7. The number of benzene rings is 1. The summed E-state index contributed by atoms with van der Waals surface area (Å²) in [4.78, 5) is 17.0. The molecule has 0 bridgehead atoms. The molecule has 0 spiro atoms. The highest BCUT2D eigenvalue weighted by Crippen LogP contribution is 2.20. The number of rotatable bonds is 5. The Balaban J connectivity index is 0.00000225. The van der Waals surface area contributed by atoms with Crippen molar-refractivity contribution in [2.45, 2.75) is 19.4 Å². The third kappa shape index (κ3) is 4.37. The van der Waals surface area contributed by atoms with Gasteiger partial charge in [-0.3, -0.25) is 9.78 Å². The molecule has 0 fully saturated rings. The van der Waals surface area contributed by atoms with Crippen molar-refractivity contribution in [3.63, 3.8) is 0 Å². The lowest BCUT2D eigenvalue weighted by atomic mass is 10.0. The molecule has 0 amide bonds. The van der Waals surface area contributed by atoms with Crippen LogP contribution in [0.5, 0.6) is 0 Å². The first kappa shape index (κ1) is 19.8. The minimum atomic E-state index is -0.265. The SMILES string of the molecule is Cl.NCCCn1ccc2cncc(Cc3ccc(I)cc3F)c2c1=O. The Labute approximate surface area is 164 Å². The minimum absolute atomic E-state index is 0. The summed E-state index contributed by atoms with van der Waals surface area (Å²) in [6, 6.07) is 6.98. The quantitative estimate of drug-likeness (QED) is 0.577. The number of pyridine rings is 2. The molecule has 2 N–H and O–H groups in total. The number of hydrogen-bond donors (Lipinski definition) is 1. The summed E-state index contributed by atoms with van der Waals surface area (Å²) in [5.74, 6) is -0.265. The Morgan fingerprint density at radius 3 is 2.72 bits per heavy atom. The van der Waals surface area contributed by atoms with Gasteiger partial charge in [-0.1, -0.05) is 6.07 Å². The topological polar surface area (TPSA) is 60.9 Å². The minimum Gasteiger partial charge on any atom is -0.330 e. The zero-order valence-corrected chi connectivity index (χ0v) is 16.4. The van der Waals surface area contributed by atoms with Crippen molar-refractivity contribution < 1.29 is 4.39 Å². The van der Waals surface area contributed by atoms with E-state index in [1.807, 2.05) is 12.1 Å². The van der Waals surface area contributed by atoms with Crippen LogP contribution in [0.2, 0.25) is 0 Å². The summed E-state index contributed by atoms with van der Waals surface area (Å²) in [5, 5.41) is 1.37. The zero-order valence-electron chi connectivity index (χ0n) is 13.4. The second-order valence-electron chi connectivity index (χ2n) is 5.63. The van der Waals surface area contributed by atoms with Crippen LogP contribution < -0.4 is 11.3 Å². The molecule has 0 aliphatic rings. The number of aryl methyl sites for hydroxylation is 1. The molecule has 2 aromatic heterocycles. The first-order valence-electron chi connectivity index (χ1n) is 7.70. The summed E-state index contributed by atoms with van der Waals surface area (Å²) in [6.07, 6.45) is 6.14. The molecule has 0 saturated carbocycles. The van der Waals surface area contributed by atoms with Gasteiger partial charge in [0.1, 0.15) is 5.82 Å². The molecular formula is C18H18ClFIN3O. The predicted molar refractivity (Wildman–Crippen MR) is 109 cm³/mol. The van der Waals surface area contributed by atoms with Gasteiger partial charge in [-0.05, 0) is 64.9 Å². The fraction of sp³-hybridized carbons (Fsp3) is 0.222. The maximum Gasteiger partial charge on any atom is 0.258 e. The Morgan fingerprint density at radius 2 is 2.00 bits per heavy atom. The van der Waals surface area contributed by atoms with Gasteiger partial charge < -0.3 is 10.3 Å². The molecule has 3 aromatic rings. The molecule has 0 saturated heterocycles. The molecule has 0 radical (unpaired) electrons. The lowest BCUT2D eigenvalue weighted by molar-refractivity contribution is 0.613. The van der Waals surface area contributed by atoms with Crippen molar-refractivity contribution in [1.29, 1.82) is 0 Å². The van der Waals surface area contributed by atoms with E-state index in [4.69, 9.17) is 5.73 Å². The number of fused-ring (bicyclic) bond motifs is 1. The number of aromatic nitrogens is 2. The van der Waals surface area contributed by atoms with Crippen molar-refractivity contribution in [3.05, 3.63) is 73.7 Å². The third-order valence-electron chi connectivity index (χ3n) is 3.96. The first-order chi connectivity index (χ1) is 11.6. The molecule has 7 heteroatoms. The second-order valence-corrected chi connectivity index (χ2v) is 6.88. The van der Waals surface area contributed by atoms with E-state index < -0.39 is 0 Å². The van der Waals surface area contributed by atoms with E-state index in [9.17, 15) is 9.18 Å². The molecule has 0 aliphatic carbocycles. The lowest BCUT2D eigenvalue weighted by Gasteiger charge is -2.10. The van der Waals surface area contributed by atoms with Crippen molar-refractivity contribution in [2.24, 2.45) is 5.73 Å². The first-order valence-corrected chi connectivity index (χ1v) is 8.78. The van der Waals surface area contributed by atoms with Crippen molar-refractivity contribution in [2.75, 3.05) is 6.54 Å². The van der Waals surface area contributed by atoms with Gasteiger partial charge in [-0.15, -0.1) is 12.4 Å². The van der Waals surface area contributed by atoms with E-state index in [2.05, 4.69) is 27.6 Å². The average Bonchev–Trinajstić information content (AvgIpc) is 2.57. The van der Waals surface area contributed by atoms with Gasteiger partial charge in [0.25, 0.3) is 5.56 Å². The number of nitrogens with two attached hydrogens (primary N) is 1. The normalized spacial score (nSPS) is 10.7. The molecule has 132 valence electrons. The van der Waals surface area contributed by atoms with Gasteiger partial charge in [0.15, 0.2) is 0 Å². The van der Waals surface area contributed by atoms with Crippen LogP contribution >= 0.6 is 35.0 Å². The summed E-state index contributed by atoms with van der Waals surface area (Å²) in [5.41, 5.74) is 6.75. The van der Waals surface area contributed by atoms with E-state index >= 15 is 0 Å². The molecule has 2 heterocycles. The van der Waals surface area contributed by atoms with E-state index in [0.717, 1.165) is 20.9 Å². The maximum absolute atomic E-state index is 14.2. The van der Waals surface area contributed by atoms with Gasteiger partial charge in [0.05, 0.1) is 5.39 Å². The van der Waals surface area contributed by atoms with Gasteiger partial charge in [-0.25, -0.2) is 4.39 Å². The predicted octanol–water partition coefficient (Wildman–Crippen LogP) is 3.50. The summed E-state index contributed by atoms with van der Waals surface area (Å²) in [7, 11) is 0. The van der Waals surface area contributed by atoms with E-state index in [1.54, 1.807) is 29.2 Å².